The quantitative estimate of drug-likeness (QED) is 0.725. The van der Waals surface area contributed by atoms with Crippen LogP contribution in [0.25, 0.3) is 11.1 Å². The van der Waals surface area contributed by atoms with Gasteiger partial charge in [-0.1, -0.05) is 12.1 Å². The van der Waals surface area contributed by atoms with Crippen LogP contribution in [0.3, 0.4) is 0 Å². The number of para-hydroxylation sites is 1. The standard InChI is InChI=1S/C11H12FN3/c1-7-9(6-15(2)14-7)8-4-3-5-10(12)11(8)13/h3-6H,13H2,1-2H3. The Hall–Kier alpha value is -1.84. The Balaban J connectivity index is 2.64. The van der Waals surface area contributed by atoms with E-state index >= 15 is 0 Å². The van der Waals surface area contributed by atoms with Gasteiger partial charge < -0.3 is 5.73 Å². The molecule has 0 fully saturated rings. The number of rotatable bonds is 1. The van der Waals surface area contributed by atoms with E-state index in [-0.39, 0.29) is 5.69 Å². The van der Waals surface area contributed by atoms with Crippen LogP contribution < -0.4 is 5.73 Å². The first-order chi connectivity index (χ1) is 7.09. The van der Waals surface area contributed by atoms with E-state index in [9.17, 15) is 4.39 Å². The summed E-state index contributed by atoms with van der Waals surface area (Å²) < 4.78 is 14.9. The first kappa shape index (κ1) is 9.71. The largest absolute Gasteiger partial charge is 0.396 e. The lowest BCUT2D eigenvalue weighted by atomic mass is 10.0. The molecule has 0 aliphatic carbocycles. The molecule has 2 N–H and O–H groups in total. The molecule has 0 saturated carbocycles. The first-order valence-electron chi connectivity index (χ1n) is 4.64. The Morgan fingerprint density at radius 2 is 2.07 bits per heavy atom. The highest BCUT2D eigenvalue weighted by Gasteiger charge is 2.11. The summed E-state index contributed by atoms with van der Waals surface area (Å²) in [7, 11) is 1.83. The molecule has 0 unspecified atom stereocenters. The Labute approximate surface area is 87.3 Å². The fraction of sp³-hybridized carbons (Fsp3) is 0.182. The van der Waals surface area contributed by atoms with Crippen LogP contribution in [0.2, 0.25) is 0 Å². The van der Waals surface area contributed by atoms with Crippen LogP contribution in [0.5, 0.6) is 0 Å². The zero-order chi connectivity index (χ0) is 11.0. The topological polar surface area (TPSA) is 43.8 Å². The first-order valence-corrected chi connectivity index (χ1v) is 4.64. The molecule has 0 spiro atoms. The van der Waals surface area contributed by atoms with Crippen molar-refractivity contribution in [2.45, 2.75) is 6.92 Å². The smallest absolute Gasteiger partial charge is 0.146 e. The van der Waals surface area contributed by atoms with E-state index < -0.39 is 5.82 Å². The molecule has 15 heavy (non-hydrogen) atoms. The number of aryl methyl sites for hydroxylation is 2. The monoisotopic (exact) mass is 205 g/mol. The van der Waals surface area contributed by atoms with Crippen LogP contribution in [-0.4, -0.2) is 9.78 Å². The van der Waals surface area contributed by atoms with Crippen LogP contribution >= 0.6 is 0 Å². The highest BCUT2D eigenvalue weighted by atomic mass is 19.1. The van der Waals surface area contributed by atoms with E-state index in [1.54, 1.807) is 16.8 Å². The van der Waals surface area contributed by atoms with Crippen molar-refractivity contribution < 1.29 is 4.39 Å². The third kappa shape index (κ3) is 1.58. The third-order valence-corrected chi connectivity index (χ3v) is 2.36. The summed E-state index contributed by atoms with van der Waals surface area (Å²) in [5.41, 5.74) is 8.26. The molecule has 1 heterocycles. The van der Waals surface area contributed by atoms with Crippen molar-refractivity contribution in [2.75, 3.05) is 5.73 Å². The van der Waals surface area contributed by atoms with Gasteiger partial charge in [0.25, 0.3) is 0 Å². The maximum absolute atomic E-state index is 13.3. The average Bonchev–Trinajstić information content (AvgIpc) is 2.50. The van der Waals surface area contributed by atoms with Crippen molar-refractivity contribution in [1.29, 1.82) is 0 Å². The van der Waals surface area contributed by atoms with Gasteiger partial charge in [-0.2, -0.15) is 5.10 Å². The molecule has 1 aromatic heterocycles. The molecule has 2 rings (SSSR count). The Morgan fingerprint density at radius 3 is 2.67 bits per heavy atom. The molecule has 3 nitrogen and oxygen atoms in total. The molecule has 0 atom stereocenters. The summed E-state index contributed by atoms with van der Waals surface area (Å²) in [4.78, 5) is 0. The van der Waals surface area contributed by atoms with Crippen molar-refractivity contribution >= 4 is 5.69 Å². The molecule has 78 valence electrons. The lowest BCUT2D eigenvalue weighted by Crippen LogP contribution is -1.94. The summed E-state index contributed by atoms with van der Waals surface area (Å²) in [6.07, 6.45) is 1.83. The fourth-order valence-corrected chi connectivity index (χ4v) is 1.64. The van der Waals surface area contributed by atoms with Crippen molar-refractivity contribution in [1.82, 2.24) is 9.78 Å². The summed E-state index contributed by atoms with van der Waals surface area (Å²) in [6, 6.07) is 4.79. The van der Waals surface area contributed by atoms with Crippen molar-refractivity contribution in [2.24, 2.45) is 7.05 Å². The van der Waals surface area contributed by atoms with Gasteiger partial charge in [0.2, 0.25) is 0 Å². The zero-order valence-electron chi connectivity index (χ0n) is 8.66. The van der Waals surface area contributed by atoms with E-state index in [1.807, 2.05) is 20.2 Å². The minimum Gasteiger partial charge on any atom is -0.396 e. The van der Waals surface area contributed by atoms with Crippen LogP contribution in [-0.2, 0) is 7.05 Å². The minimum absolute atomic E-state index is 0.175. The number of aromatic nitrogens is 2. The van der Waals surface area contributed by atoms with E-state index in [0.29, 0.717) is 5.56 Å². The van der Waals surface area contributed by atoms with Gasteiger partial charge >= 0.3 is 0 Å². The Kier molecular flexibility index (Phi) is 2.19. The predicted molar refractivity (Wildman–Crippen MR) is 57.8 cm³/mol. The van der Waals surface area contributed by atoms with Gasteiger partial charge in [0.05, 0.1) is 11.4 Å². The van der Waals surface area contributed by atoms with Crippen molar-refractivity contribution in [3.8, 4) is 11.1 Å². The number of anilines is 1. The predicted octanol–water partition coefficient (Wildman–Crippen LogP) is 2.12. The van der Waals surface area contributed by atoms with E-state index in [0.717, 1.165) is 11.3 Å². The van der Waals surface area contributed by atoms with Crippen LogP contribution in [0.4, 0.5) is 10.1 Å². The third-order valence-electron chi connectivity index (χ3n) is 2.36. The number of benzene rings is 1. The number of halogens is 1. The number of nitrogens with two attached hydrogens (primary N) is 1. The summed E-state index contributed by atoms with van der Waals surface area (Å²) in [6.45, 7) is 1.87. The molecule has 0 aliphatic heterocycles. The van der Waals surface area contributed by atoms with E-state index in [2.05, 4.69) is 5.10 Å². The van der Waals surface area contributed by atoms with E-state index in [1.165, 1.54) is 6.07 Å². The normalized spacial score (nSPS) is 10.6. The average molecular weight is 205 g/mol. The number of hydrogen-bond donors (Lipinski definition) is 1. The maximum Gasteiger partial charge on any atom is 0.146 e. The highest BCUT2D eigenvalue weighted by molar-refractivity contribution is 5.77. The van der Waals surface area contributed by atoms with Gasteiger partial charge in [-0.3, -0.25) is 4.68 Å². The summed E-state index contributed by atoms with van der Waals surface area (Å²) in [5.74, 6) is -0.393. The molecular weight excluding hydrogens is 193 g/mol. The second kappa shape index (κ2) is 3.38. The van der Waals surface area contributed by atoms with Crippen LogP contribution in [0.15, 0.2) is 24.4 Å². The van der Waals surface area contributed by atoms with Gasteiger partial charge in [0.15, 0.2) is 0 Å². The molecule has 0 radical (unpaired) electrons. The van der Waals surface area contributed by atoms with Crippen LogP contribution in [0.1, 0.15) is 5.69 Å². The fourth-order valence-electron chi connectivity index (χ4n) is 1.64. The lowest BCUT2D eigenvalue weighted by molar-refractivity contribution is 0.633. The summed E-state index contributed by atoms with van der Waals surface area (Å²) >= 11 is 0. The molecule has 1 aromatic carbocycles. The van der Waals surface area contributed by atoms with E-state index in [4.69, 9.17) is 5.73 Å². The van der Waals surface area contributed by atoms with Gasteiger partial charge in [-0.05, 0) is 13.0 Å². The lowest BCUT2D eigenvalue weighted by Gasteiger charge is -2.04. The Bertz CT molecular complexity index is 503. The SMILES string of the molecule is Cc1nn(C)cc1-c1cccc(F)c1N. The summed E-state index contributed by atoms with van der Waals surface area (Å²) in [5, 5.41) is 4.20. The molecule has 0 amide bonds. The molecular formula is C11H12FN3. The van der Waals surface area contributed by atoms with Crippen molar-refractivity contribution in [3.05, 3.63) is 35.9 Å². The van der Waals surface area contributed by atoms with Crippen LogP contribution in [0, 0.1) is 12.7 Å². The molecule has 2 aromatic rings. The number of hydrogen-bond acceptors (Lipinski definition) is 2. The number of nitrogen functional groups attached to an aromatic ring is 1. The Morgan fingerprint density at radius 1 is 1.33 bits per heavy atom. The molecule has 0 saturated heterocycles. The molecule has 0 aliphatic rings. The van der Waals surface area contributed by atoms with Gasteiger partial charge in [0.1, 0.15) is 5.82 Å². The zero-order valence-corrected chi connectivity index (χ0v) is 8.66. The maximum atomic E-state index is 13.3. The minimum atomic E-state index is -0.393. The second-order valence-electron chi connectivity index (χ2n) is 3.50. The molecule has 0 bridgehead atoms. The number of nitrogens with zero attached hydrogens (tertiary/aromatic N) is 2. The van der Waals surface area contributed by atoms with Gasteiger partial charge in [0, 0.05) is 24.4 Å². The second-order valence-corrected chi connectivity index (χ2v) is 3.50. The van der Waals surface area contributed by atoms with Gasteiger partial charge in [-0.25, -0.2) is 4.39 Å². The molecule has 4 heteroatoms. The highest BCUT2D eigenvalue weighted by Crippen LogP contribution is 2.29. The van der Waals surface area contributed by atoms with Crippen molar-refractivity contribution in [3.63, 3.8) is 0 Å². The van der Waals surface area contributed by atoms with Gasteiger partial charge in [-0.15, -0.1) is 0 Å².